The van der Waals surface area contributed by atoms with Crippen molar-refractivity contribution in [3.05, 3.63) is 95.5 Å². The highest BCUT2D eigenvalue weighted by atomic mass is 32.1. The number of amides is 1. The van der Waals surface area contributed by atoms with Gasteiger partial charge >= 0.3 is 0 Å². The molecule has 4 rings (SSSR count). The van der Waals surface area contributed by atoms with E-state index in [4.69, 9.17) is 4.74 Å². The number of rotatable bonds is 7. The summed E-state index contributed by atoms with van der Waals surface area (Å²) in [4.78, 5) is 13.3. The summed E-state index contributed by atoms with van der Waals surface area (Å²) in [6.45, 7) is 3.94. The van der Waals surface area contributed by atoms with Crippen LogP contribution in [-0.4, -0.2) is 23.2 Å². The van der Waals surface area contributed by atoms with Crippen LogP contribution >= 0.6 is 11.3 Å². The van der Waals surface area contributed by atoms with E-state index < -0.39 is 5.41 Å². The van der Waals surface area contributed by atoms with Crippen molar-refractivity contribution >= 4 is 22.4 Å². The van der Waals surface area contributed by atoms with Gasteiger partial charge in [-0.3, -0.25) is 4.79 Å². The average Bonchev–Trinajstić information content (AvgIpc) is 3.33. The van der Waals surface area contributed by atoms with Crippen molar-refractivity contribution in [1.82, 2.24) is 10.2 Å². The molecule has 4 aromatic rings. The molecule has 0 bridgehead atoms. The van der Waals surface area contributed by atoms with Crippen molar-refractivity contribution in [2.75, 3.05) is 12.4 Å². The Morgan fingerprint density at radius 2 is 1.50 bits per heavy atom. The second kappa shape index (κ2) is 9.32. The maximum absolute atomic E-state index is 13.3. The van der Waals surface area contributed by atoms with E-state index in [1.807, 2.05) is 56.3 Å². The van der Waals surface area contributed by atoms with E-state index in [1.54, 1.807) is 12.6 Å². The van der Waals surface area contributed by atoms with Crippen molar-refractivity contribution in [2.24, 2.45) is 5.41 Å². The second-order valence-corrected chi connectivity index (χ2v) is 8.95. The molecular formula is C26H25N3O2S. The van der Waals surface area contributed by atoms with Gasteiger partial charge in [0.15, 0.2) is 0 Å². The summed E-state index contributed by atoms with van der Waals surface area (Å²) in [6.07, 6.45) is 0. The minimum absolute atomic E-state index is 0.0951. The van der Waals surface area contributed by atoms with Crippen molar-refractivity contribution in [2.45, 2.75) is 19.8 Å². The number of benzene rings is 3. The topological polar surface area (TPSA) is 64.1 Å². The number of aromatic nitrogens is 2. The summed E-state index contributed by atoms with van der Waals surface area (Å²) in [7, 11) is 1.66. The van der Waals surface area contributed by atoms with Gasteiger partial charge in [0.2, 0.25) is 11.0 Å². The lowest BCUT2D eigenvalue weighted by Crippen LogP contribution is -2.37. The number of hydrogen-bond donors (Lipinski definition) is 1. The summed E-state index contributed by atoms with van der Waals surface area (Å²) >= 11 is 1.31. The van der Waals surface area contributed by atoms with E-state index in [1.165, 1.54) is 11.3 Å². The van der Waals surface area contributed by atoms with E-state index in [0.717, 1.165) is 28.0 Å². The van der Waals surface area contributed by atoms with Crippen LogP contribution < -0.4 is 10.1 Å². The molecule has 5 nitrogen and oxygen atoms in total. The first-order valence-corrected chi connectivity index (χ1v) is 11.2. The number of hydrogen-bond acceptors (Lipinski definition) is 5. The third-order valence-corrected chi connectivity index (χ3v) is 6.29. The Morgan fingerprint density at radius 1 is 0.906 bits per heavy atom. The van der Waals surface area contributed by atoms with Crippen molar-refractivity contribution < 1.29 is 9.53 Å². The van der Waals surface area contributed by atoms with Gasteiger partial charge in [0.25, 0.3) is 0 Å². The first-order chi connectivity index (χ1) is 15.5. The Bertz CT molecular complexity index is 1160. The van der Waals surface area contributed by atoms with Gasteiger partial charge in [-0.25, -0.2) is 0 Å². The van der Waals surface area contributed by atoms with Gasteiger partial charge in [0.05, 0.1) is 12.5 Å². The van der Waals surface area contributed by atoms with Crippen LogP contribution in [0, 0.1) is 5.41 Å². The Morgan fingerprint density at radius 3 is 2.06 bits per heavy atom. The monoisotopic (exact) mass is 443 g/mol. The third-order valence-electron chi connectivity index (χ3n) is 5.69. The maximum atomic E-state index is 13.3. The fourth-order valence-electron chi connectivity index (χ4n) is 3.94. The standard InChI is InChI=1S/C26H25N3O2S/c1-26(2,24(30)28-25-29-27-17-32-25)23(20-7-5-4-6-8-20)21-11-9-18(10-12-21)19-13-15-22(31-3)16-14-19/h4-17,23H,1-3H3,(H,28,29,30). The quantitative estimate of drug-likeness (QED) is 0.380. The van der Waals surface area contributed by atoms with Crippen LogP contribution in [-0.2, 0) is 4.79 Å². The van der Waals surface area contributed by atoms with Gasteiger partial charge in [0, 0.05) is 5.92 Å². The number of methoxy groups -OCH3 is 1. The SMILES string of the molecule is COc1ccc(-c2ccc(C(c3ccccc3)C(C)(C)C(=O)Nc3nncs3)cc2)cc1. The molecule has 162 valence electrons. The number of anilines is 1. The Kier molecular flexibility index (Phi) is 6.32. The zero-order valence-electron chi connectivity index (χ0n) is 18.3. The molecule has 6 heteroatoms. The normalized spacial score (nSPS) is 12.2. The average molecular weight is 444 g/mol. The Hall–Kier alpha value is -3.51. The highest BCUT2D eigenvalue weighted by Gasteiger charge is 2.39. The lowest BCUT2D eigenvalue weighted by atomic mass is 9.70. The van der Waals surface area contributed by atoms with Gasteiger partial charge in [0.1, 0.15) is 11.3 Å². The molecule has 0 saturated heterocycles. The summed E-state index contributed by atoms with van der Waals surface area (Å²) in [5.41, 5.74) is 5.26. The molecule has 1 unspecified atom stereocenters. The third kappa shape index (κ3) is 4.55. The van der Waals surface area contributed by atoms with Gasteiger partial charge in [-0.2, -0.15) is 0 Å². The van der Waals surface area contributed by atoms with E-state index in [-0.39, 0.29) is 11.8 Å². The second-order valence-electron chi connectivity index (χ2n) is 8.11. The fourth-order valence-corrected chi connectivity index (χ4v) is 4.38. The molecule has 0 aliphatic heterocycles. The molecule has 1 N–H and O–H groups in total. The smallest absolute Gasteiger partial charge is 0.232 e. The number of carbonyl (C=O) groups excluding carboxylic acids is 1. The lowest BCUT2D eigenvalue weighted by Gasteiger charge is -2.33. The lowest BCUT2D eigenvalue weighted by molar-refractivity contribution is -0.124. The number of nitrogens with one attached hydrogen (secondary N) is 1. The first kappa shape index (κ1) is 21.7. The molecule has 1 amide bonds. The summed E-state index contributed by atoms with van der Waals surface area (Å²) in [5.74, 6) is 0.599. The Balaban J connectivity index is 1.68. The van der Waals surface area contributed by atoms with Crippen molar-refractivity contribution in [3.8, 4) is 16.9 Å². The van der Waals surface area contributed by atoms with Crippen molar-refractivity contribution in [3.63, 3.8) is 0 Å². The van der Waals surface area contributed by atoms with Gasteiger partial charge in [-0.15, -0.1) is 10.2 Å². The van der Waals surface area contributed by atoms with Crippen molar-refractivity contribution in [1.29, 1.82) is 0 Å². The van der Waals surface area contributed by atoms with Crippen LogP contribution in [0.1, 0.15) is 30.9 Å². The molecule has 0 radical (unpaired) electrons. The van der Waals surface area contributed by atoms with E-state index in [2.05, 4.69) is 51.9 Å². The number of ether oxygens (including phenoxy) is 1. The molecule has 0 spiro atoms. The molecule has 0 aliphatic rings. The summed E-state index contributed by atoms with van der Waals surface area (Å²) < 4.78 is 5.26. The maximum Gasteiger partial charge on any atom is 0.232 e. The molecule has 0 fully saturated rings. The molecule has 0 aliphatic carbocycles. The summed E-state index contributed by atoms with van der Waals surface area (Å²) in [6, 6.07) is 26.6. The largest absolute Gasteiger partial charge is 0.497 e. The van der Waals surface area contributed by atoms with Crippen LogP contribution in [0.3, 0.4) is 0 Å². The molecular weight excluding hydrogens is 418 g/mol. The molecule has 1 aromatic heterocycles. The molecule has 1 atom stereocenters. The summed E-state index contributed by atoms with van der Waals surface area (Å²) in [5, 5.41) is 11.2. The van der Waals surface area contributed by atoms with Crippen LogP contribution in [0.5, 0.6) is 5.75 Å². The molecule has 0 saturated carbocycles. The van der Waals surface area contributed by atoms with Crippen LogP contribution in [0.4, 0.5) is 5.13 Å². The molecule has 32 heavy (non-hydrogen) atoms. The van der Waals surface area contributed by atoms with E-state index in [0.29, 0.717) is 5.13 Å². The van der Waals surface area contributed by atoms with Gasteiger partial charge in [-0.05, 0) is 34.4 Å². The highest BCUT2D eigenvalue weighted by Crippen LogP contribution is 2.42. The van der Waals surface area contributed by atoms with Gasteiger partial charge < -0.3 is 10.1 Å². The fraction of sp³-hybridized carbons (Fsp3) is 0.192. The first-order valence-electron chi connectivity index (χ1n) is 10.4. The highest BCUT2D eigenvalue weighted by molar-refractivity contribution is 7.13. The van der Waals surface area contributed by atoms with E-state index >= 15 is 0 Å². The van der Waals surface area contributed by atoms with E-state index in [9.17, 15) is 4.79 Å². The van der Waals surface area contributed by atoms with Crippen LogP contribution in [0.15, 0.2) is 84.4 Å². The zero-order valence-corrected chi connectivity index (χ0v) is 19.1. The number of carbonyl (C=O) groups is 1. The molecule has 3 aromatic carbocycles. The zero-order chi connectivity index (χ0) is 22.6. The minimum atomic E-state index is -0.728. The Labute approximate surface area is 192 Å². The molecule has 1 heterocycles. The van der Waals surface area contributed by atoms with Gasteiger partial charge in [-0.1, -0.05) is 91.9 Å². The predicted molar refractivity (Wildman–Crippen MR) is 129 cm³/mol. The van der Waals surface area contributed by atoms with Crippen LogP contribution in [0.25, 0.3) is 11.1 Å². The van der Waals surface area contributed by atoms with Crippen LogP contribution in [0.2, 0.25) is 0 Å². The predicted octanol–water partition coefficient (Wildman–Crippen LogP) is 6.01. The minimum Gasteiger partial charge on any atom is -0.497 e. The number of nitrogens with zero attached hydrogens (tertiary/aromatic N) is 2.